The van der Waals surface area contributed by atoms with E-state index in [-0.39, 0.29) is 6.17 Å². The van der Waals surface area contributed by atoms with Crippen molar-refractivity contribution >= 4 is 0 Å². The van der Waals surface area contributed by atoms with Gasteiger partial charge in [0.15, 0.2) is 6.61 Å². The van der Waals surface area contributed by atoms with Crippen LogP contribution < -0.4 is 5.32 Å². The minimum Gasteiger partial charge on any atom is -0.488 e. The molecule has 1 radical (unpaired) electrons. The lowest BCUT2D eigenvalue weighted by Gasteiger charge is -2.23. The average molecular weight is 123 g/mol. The molecular weight excluding hydrogens is 116 g/mol. The van der Waals surface area contributed by atoms with E-state index in [0.29, 0.717) is 0 Å². The zero-order valence-electron chi connectivity index (χ0n) is 4.82. The Hall–Kier alpha value is -1.12. The van der Waals surface area contributed by atoms with Crippen LogP contribution in [0.2, 0.25) is 0 Å². The van der Waals surface area contributed by atoms with Gasteiger partial charge < -0.3 is 15.0 Å². The van der Waals surface area contributed by atoms with Gasteiger partial charge in [-0.1, -0.05) is 0 Å². The highest BCUT2D eigenvalue weighted by atomic mass is 16.5. The van der Waals surface area contributed by atoms with Gasteiger partial charge in [-0.2, -0.15) is 0 Å². The second-order valence-electron chi connectivity index (χ2n) is 1.93. The molecule has 0 aromatic carbocycles. The molecule has 0 aromatic rings. The van der Waals surface area contributed by atoms with Crippen LogP contribution in [-0.4, -0.2) is 11.1 Å². The Morgan fingerprint density at radius 3 is 3.33 bits per heavy atom. The molecule has 1 atom stereocenters. The van der Waals surface area contributed by atoms with Crippen molar-refractivity contribution in [1.29, 1.82) is 0 Å². The largest absolute Gasteiger partial charge is 0.488 e. The zero-order valence-corrected chi connectivity index (χ0v) is 4.82. The standard InChI is InChI=1S/C6H7N2O/c1-2-8-3-4-9-5-6(8)7-1/h1-7H. The number of rotatable bonds is 0. The third-order valence-electron chi connectivity index (χ3n) is 1.35. The fourth-order valence-corrected chi connectivity index (χ4v) is 0.884. The molecule has 0 amide bonds. The summed E-state index contributed by atoms with van der Waals surface area (Å²) in [5.41, 5.74) is 0. The third kappa shape index (κ3) is 0.650. The fraction of sp³-hybridized carbons (Fsp3) is 0.167. The fourth-order valence-electron chi connectivity index (χ4n) is 0.884. The molecule has 3 heteroatoms. The number of fused-ring (bicyclic) bond motifs is 1. The van der Waals surface area contributed by atoms with Crippen molar-refractivity contribution in [2.24, 2.45) is 0 Å². The predicted octanol–water partition coefficient (Wildman–Crippen LogP) is 0.352. The van der Waals surface area contributed by atoms with Crippen molar-refractivity contribution in [3.63, 3.8) is 0 Å². The highest BCUT2D eigenvalue weighted by Gasteiger charge is 2.19. The molecule has 0 saturated carbocycles. The van der Waals surface area contributed by atoms with E-state index in [1.807, 2.05) is 23.5 Å². The van der Waals surface area contributed by atoms with E-state index >= 15 is 0 Å². The number of ether oxygens (including phenoxy) is 1. The van der Waals surface area contributed by atoms with E-state index in [1.165, 1.54) is 0 Å². The molecule has 0 saturated heterocycles. The summed E-state index contributed by atoms with van der Waals surface area (Å²) >= 11 is 0. The van der Waals surface area contributed by atoms with Crippen LogP contribution in [0.5, 0.6) is 0 Å². The first-order valence-corrected chi connectivity index (χ1v) is 2.82. The first-order valence-electron chi connectivity index (χ1n) is 2.82. The summed E-state index contributed by atoms with van der Waals surface area (Å²) in [6.07, 6.45) is 7.57. The van der Waals surface area contributed by atoms with Gasteiger partial charge in [-0.25, -0.2) is 0 Å². The second kappa shape index (κ2) is 1.69. The number of hydrogen-bond donors (Lipinski definition) is 1. The third-order valence-corrected chi connectivity index (χ3v) is 1.35. The van der Waals surface area contributed by atoms with E-state index < -0.39 is 0 Å². The van der Waals surface area contributed by atoms with Crippen LogP contribution >= 0.6 is 0 Å². The molecule has 1 unspecified atom stereocenters. The van der Waals surface area contributed by atoms with E-state index in [4.69, 9.17) is 4.74 Å². The Bertz CT molecular complexity index is 164. The summed E-state index contributed by atoms with van der Waals surface area (Å²) in [5.74, 6) is 0. The first-order chi connectivity index (χ1) is 4.47. The Labute approximate surface area is 53.6 Å². The molecule has 0 aromatic heterocycles. The second-order valence-corrected chi connectivity index (χ2v) is 1.93. The van der Waals surface area contributed by atoms with Crippen molar-refractivity contribution < 1.29 is 4.74 Å². The summed E-state index contributed by atoms with van der Waals surface area (Å²) in [7, 11) is 0. The Morgan fingerprint density at radius 2 is 2.44 bits per heavy atom. The van der Waals surface area contributed by atoms with Gasteiger partial charge in [-0.05, 0) is 0 Å². The van der Waals surface area contributed by atoms with Crippen LogP contribution in [-0.2, 0) is 4.74 Å². The number of nitrogens with one attached hydrogen (secondary N) is 1. The lowest BCUT2D eigenvalue weighted by Crippen LogP contribution is -2.34. The summed E-state index contributed by atoms with van der Waals surface area (Å²) in [6, 6.07) is 0. The highest BCUT2D eigenvalue weighted by molar-refractivity contribution is 5.05. The molecule has 47 valence electrons. The monoisotopic (exact) mass is 123 g/mol. The molecule has 0 aliphatic carbocycles. The van der Waals surface area contributed by atoms with Gasteiger partial charge in [-0.3, -0.25) is 0 Å². The average Bonchev–Trinajstić information content (AvgIpc) is 2.33. The summed E-state index contributed by atoms with van der Waals surface area (Å²) < 4.78 is 4.93. The van der Waals surface area contributed by atoms with Gasteiger partial charge in [0.2, 0.25) is 0 Å². The van der Waals surface area contributed by atoms with Crippen molar-refractivity contribution in [1.82, 2.24) is 10.2 Å². The molecule has 0 spiro atoms. The molecular formula is C6H7N2O. The maximum absolute atomic E-state index is 4.93. The van der Waals surface area contributed by atoms with Crippen LogP contribution in [0.3, 0.4) is 0 Å². The molecule has 9 heavy (non-hydrogen) atoms. The molecule has 2 aliphatic heterocycles. The summed E-state index contributed by atoms with van der Waals surface area (Å²) in [6.45, 7) is 1.74. The number of nitrogens with zero attached hydrogens (tertiary/aromatic N) is 1. The van der Waals surface area contributed by atoms with E-state index in [1.54, 1.807) is 12.9 Å². The summed E-state index contributed by atoms with van der Waals surface area (Å²) in [4.78, 5) is 2.02. The van der Waals surface area contributed by atoms with E-state index in [0.717, 1.165) is 0 Å². The van der Waals surface area contributed by atoms with Gasteiger partial charge in [0.1, 0.15) is 6.17 Å². The van der Waals surface area contributed by atoms with E-state index in [2.05, 4.69) is 5.32 Å². The minimum atomic E-state index is 0.204. The smallest absolute Gasteiger partial charge is 0.177 e. The Balaban J connectivity index is 2.17. The molecule has 2 heterocycles. The van der Waals surface area contributed by atoms with Crippen LogP contribution in [0.1, 0.15) is 0 Å². The molecule has 2 aliphatic rings. The molecule has 0 fully saturated rings. The predicted molar refractivity (Wildman–Crippen MR) is 32.4 cm³/mol. The van der Waals surface area contributed by atoms with Gasteiger partial charge in [0, 0.05) is 18.6 Å². The van der Waals surface area contributed by atoms with Crippen LogP contribution in [0, 0.1) is 6.61 Å². The lowest BCUT2D eigenvalue weighted by atomic mass is 10.5. The van der Waals surface area contributed by atoms with Gasteiger partial charge >= 0.3 is 0 Å². The van der Waals surface area contributed by atoms with Crippen molar-refractivity contribution in [2.75, 3.05) is 0 Å². The van der Waals surface area contributed by atoms with Crippen molar-refractivity contribution in [3.8, 4) is 0 Å². The zero-order chi connectivity index (χ0) is 6.10. The molecule has 2 rings (SSSR count). The van der Waals surface area contributed by atoms with Crippen molar-refractivity contribution in [2.45, 2.75) is 6.17 Å². The summed E-state index contributed by atoms with van der Waals surface area (Å²) in [5, 5.41) is 3.07. The molecule has 3 nitrogen and oxygen atoms in total. The van der Waals surface area contributed by atoms with Crippen LogP contribution in [0.25, 0.3) is 0 Å². The SMILES string of the molecule is [CH]1OC=CN2C=CNC12. The maximum atomic E-state index is 4.93. The topological polar surface area (TPSA) is 24.5 Å². The maximum Gasteiger partial charge on any atom is 0.177 e. The van der Waals surface area contributed by atoms with Gasteiger partial charge in [-0.15, -0.1) is 0 Å². The van der Waals surface area contributed by atoms with Crippen LogP contribution in [0.15, 0.2) is 24.9 Å². The molecule has 1 N–H and O–H groups in total. The van der Waals surface area contributed by atoms with E-state index in [9.17, 15) is 0 Å². The molecule has 0 bridgehead atoms. The van der Waals surface area contributed by atoms with Crippen LogP contribution in [0.4, 0.5) is 0 Å². The highest BCUT2D eigenvalue weighted by Crippen LogP contribution is 2.12. The van der Waals surface area contributed by atoms with Gasteiger partial charge in [0.25, 0.3) is 0 Å². The quantitative estimate of drug-likeness (QED) is 0.503. The van der Waals surface area contributed by atoms with Gasteiger partial charge in [0.05, 0.1) is 6.26 Å². The minimum absolute atomic E-state index is 0.204. The first kappa shape index (κ1) is 4.73. The Morgan fingerprint density at radius 1 is 1.44 bits per heavy atom. The van der Waals surface area contributed by atoms with Crippen molar-refractivity contribution in [3.05, 3.63) is 31.5 Å². The normalized spacial score (nSPS) is 29.3. The Kier molecular flexibility index (Phi) is 0.886. The number of hydrogen-bond acceptors (Lipinski definition) is 3. The lowest BCUT2D eigenvalue weighted by molar-refractivity contribution is 0.205.